The fourth-order valence-electron chi connectivity index (χ4n) is 2.51. The molecule has 1 unspecified atom stereocenters. The van der Waals surface area contributed by atoms with Crippen molar-refractivity contribution >= 4 is 29.1 Å². The first-order valence-corrected chi connectivity index (χ1v) is 11.3. The zero-order valence-corrected chi connectivity index (χ0v) is 15.9. The predicted octanol–water partition coefficient (Wildman–Crippen LogP) is 5.30. The molecule has 0 saturated heterocycles. The molecule has 3 rings (SSSR count). The summed E-state index contributed by atoms with van der Waals surface area (Å²) in [5, 5.41) is 0.928. The largest absolute Gasteiger partial charge is 0.440 e. The topological polar surface area (TPSA) is 68.4 Å². The monoisotopic (exact) mass is 377 g/mol. The van der Waals surface area contributed by atoms with Crippen molar-refractivity contribution in [3.05, 3.63) is 52.7 Å². The molecule has 5 nitrogen and oxygen atoms in total. The van der Waals surface area contributed by atoms with Crippen LogP contribution in [0.5, 0.6) is 5.75 Å². The van der Waals surface area contributed by atoms with E-state index in [0.29, 0.717) is 17.0 Å². The summed E-state index contributed by atoms with van der Waals surface area (Å²) < 4.78 is 23.7. The number of aromatic nitrogens is 1. The van der Waals surface area contributed by atoms with E-state index in [-0.39, 0.29) is 17.8 Å². The maximum absolute atomic E-state index is 12.8. The van der Waals surface area contributed by atoms with Gasteiger partial charge in [0.05, 0.1) is 12.3 Å². The first-order chi connectivity index (χ1) is 12.1. The molecule has 0 spiro atoms. The maximum Gasteiger partial charge on any atom is 0.440 e. The van der Waals surface area contributed by atoms with E-state index in [0.717, 1.165) is 28.7 Å². The second-order valence-electron chi connectivity index (χ2n) is 5.50. The number of hydrogen-bond donors (Lipinski definition) is 1. The van der Waals surface area contributed by atoms with Gasteiger partial charge in [-0.15, -0.1) is 0 Å². The molecule has 0 bridgehead atoms. The molecule has 1 heterocycles. The highest BCUT2D eigenvalue weighted by Crippen LogP contribution is 2.59. The first-order valence-electron chi connectivity index (χ1n) is 8.20. The molecule has 1 aromatic carbocycles. The lowest BCUT2D eigenvalue weighted by molar-refractivity contribution is 0.295. The molecule has 0 aromatic heterocycles. The highest BCUT2D eigenvalue weighted by atomic mass is 32.7. The molecule has 1 aliphatic heterocycles. The first kappa shape index (κ1) is 18.1. The molecule has 0 amide bonds. The van der Waals surface area contributed by atoms with Gasteiger partial charge in [-0.25, -0.2) is 4.57 Å². The molecule has 1 aliphatic carbocycles. The Morgan fingerprint density at radius 1 is 1.16 bits per heavy atom. The minimum atomic E-state index is -3.40. The summed E-state index contributed by atoms with van der Waals surface area (Å²) in [6.45, 7) is 0.591. The van der Waals surface area contributed by atoms with E-state index in [2.05, 4.69) is 4.98 Å². The van der Waals surface area contributed by atoms with Gasteiger partial charge in [0, 0.05) is 16.8 Å². The standard InChI is InChI=1S/C18H20NO4PS/c1-3-11-25-24(21,22-4-2)23-17-10-9-16-14(18(17)20)12-13-7-5-6-8-15(13)19-16/h5-10,12,19H,3-4,11H2,1-2H3. The lowest BCUT2D eigenvalue weighted by atomic mass is 10.1. The van der Waals surface area contributed by atoms with Crippen LogP contribution in [-0.2, 0) is 9.09 Å². The van der Waals surface area contributed by atoms with Gasteiger partial charge in [0.15, 0.2) is 5.75 Å². The Bertz CT molecular complexity index is 955. The van der Waals surface area contributed by atoms with Gasteiger partial charge in [0.25, 0.3) is 0 Å². The molecule has 0 fully saturated rings. The molecular weight excluding hydrogens is 357 g/mol. The van der Waals surface area contributed by atoms with Crippen LogP contribution in [0.3, 0.4) is 0 Å². The minimum Gasteiger partial charge on any atom is -0.413 e. The lowest BCUT2D eigenvalue weighted by Gasteiger charge is -2.18. The minimum absolute atomic E-state index is 0.0524. The van der Waals surface area contributed by atoms with Gasteiger partial charge in [-0.2, -0.15) is 0 Å². The fourth-order valence-corrected chi connectivity index (χ4v) is 5.96. The SMILES string of the molecule is CCCSP(=O)(OCC)Oc1ccc2[nH]c3ccccc3cc-2c1=O. The third-order valence-corrected chi connectivity index (χ3v) is 7.58. The highest BCUT2D eigenvalue weighted by molar-refractivity contribution is 8.55. The number of fused-ring (bicyclic) bond motifs is 2. The molecule has 1 atom stereocenters. The smallest absolute Gasteiger partial charge is 0.413 e. The van der Waals surface area contributed by atoms with Gasteiger partial charge in [-0.1, -0.05) is 25.1 Å². The summed E-state index contributed by atoms with van der Waals surface area (Å²) >= 11 is 1.12. The average molecular weight is 377 g/mol. The van der Waals surface area contributed by atoms with Crippen molar-refractivity contribution in [2.24, 2.45) is 0 Å². The van der Waals surface area contributed by atoms with Crippen LogP contribution in [-0.4, -0.2) is 17.3 Å². The van der Waals surface area contributed by atoms with Crippen molar-refractivity contribution < 1.29 is 13.6 Å². The van der Waals surface area contributed by atoms with Crippen molar-refractivity contribution in [1.82, 2.24) is 4.98 Å². The van der Waals surface area contributed by atoms with E-state index in [1.807, 2.05) is 37.3 Å². The molecular formula is C18H20NO4PS. The Morgan fingerprint density at radius 2 is 1.96 bits per heavy atom. The summed E-state index contributed by atoms with van der Waals surface area (Å²) in [4.78, 5) is 16.0. The van der Waals surface area contributed by atoms with Gasteiger partial charge in [-0.05, 0) is 54.4 Å². The number of nitrogens with one attached hydrogen (secondary N) is 1. The Kier molecular flexibility index (Phi) is 5.52. The van der Waals surface area contributed by atoms with Crippen LogP contribution in [0.25, 0.3) is 22.2 Å². The normalized spacial score (nSPS) is 13.8. The predicted molar refractivity (Wildman–Crippen MR) is 104 cm³/mol. The number of benzene rings is 2. The van der Waals surface area contributed by atoms with E-state index in [1.165, 1.54) is 0 Å². The van der Waals surface area contributed by atoms with E-state index in [1.54, 1.807) is 19.1 Å². The van der Waals surface area contributed by atoms with E-state index >= 15 is 0 Å². The molecule has 1 aromatic rings. The second kappa shape index (κ2) is 7.65. The number of para-hydroxylation sites is 1. The molecule has 1 N–H and O–H groups in total. The number of pyridine rings is 1. The van der Waals surface area contributed by atoms with Gasteiger partial charge in [-0.3, -0.25) is 9.32 Å². The van der Waals surface area contributed by atoms with E-state index in [9.17, 15) is 9.36 Å². The van der Waals surface area contributed by atoms with Crippen molar-refractivity contribution in [3.63, 3.8) is 0 Å². The number of rotatable bonds is 7. The van der Waals surface area contributed by atoms with E-state index < -0.39 is 6.80 Å². The fraction of sp³-hybridized carbons (Fsp3) is 0.278. The zero-order chi connectivity index (χ0) is 17.9. The van der Waals surface area contributed by atoms with Gasteiger partial charge in [0.2, 0.25) is 5.43 Å². The zero-order valence-electron chi connectivity index (χ0n) is 14.2. The van der Waals surface area contributed by atoms with Crippen LogP contribution in [0.4, 0.5) is 0 Å². The number of hydrogen-bond acceptors (Lipinski definition) is 5. The van der Waals surface area contributed by atoms with E-state index in [4.69, 9.17) is 9.05 Å². The van der Waals surface area contributed by atoms with Crippen LogP contribution < -0.4 is 9.95 Å². The van der Waals surface area contributed by atoms with Crippen molar-refractivity contribution in [2.45, 2.75) is 20.3 Å². The van der Waals surface area contributed by atoms with Gasteiger partial charge < -0.3 is 9.51 Å². The quantitative estimate of drug-likeness (QED) is 0.447. The molecule has 7 heteroatoms. The third-order valence-electron chi connectivity index (χ3n) is 3.64. The summed E-state index contributed by atoms with van der Waals surface area (Å²) in [5.74, 6) is 0.689. The van der Waals surface area contributed by atoms with Crippen LogP contribution >= 0.6 is 18.2 Å². The summed E-state index contributed by atoms with van der Waals surface area (Å²) in [6.07, 6.45) is 0.841. The van der Waals surface area contributed by atoms with Crippen molar-refractivity contribution in [1.29, 1.82) is 0 Å². The van der Waals surface area contributed by atoms with Crippen LogP contribution in [0.15, 0.2) is 47.3 Å². The van der Waals surface area contributed by atoms with Gasteiger partial charge in [0.1, 0.15) is 0 Å². The molecule has 2 aliphatic rings. The van der Waals surface area contributed by atoms with Crippen LogP contribution in [0, 0.1) is 0 Å². The summed E-state index contributed by atoms with van der Waals surface area (Å²) in [5.41, 5.74) is 1.86. The summed E-state index contributed by atoms with van der Waals surface area (Å²) in [6, 6.07) is 12.9. The Hall–Kier alpha value is -1.75. The van der Waals surface area contributed by atoms with Crippen molar-refractivity contribution in [2.75, 3.05) is 12.4 Å². The third kappa shape index (κ3) is 3.92. The Morgan fingerprint density at radius 3 is 2.72 bits per heavy atom. The molecule has 25 heavy (non-hydrogen) atoms. The maximum atomic E-state index is 12.8. The van der Waals surface area contributed by atoms with Crippen molar-refractivity contribution in [3.8, 4) is 17.0 Å². The number of aromatic amines is 1. The number of H-pyrrole nitrogens is 1. The second-order valence-corrected chi connectivity index (χ2v) is 9.62. The van der Waals surface area contributed by atoms with Crippen LogP contribution in [0.2, 0.25) is 0 Å². The molecule has 0 saturated carbocycles. The van der Waals surface area contributed by atoms with Gasteiger partial charge >= 0.3 is 6.80 Å². The van der Waals surface area contributed by atoms with Crippen LogP contribution in [0.1, 0.15) is 20.3 Å². The Labute approximate surface area is 150 Å². The highest BCUT2D eigenvalue weighted by Gasteiger charge is 2.28. The average Bonchev–Trinajstić information content (AvgIpc) is 2.61. The molecule has 0 radical (unpaired) electrons. The molecule has 132 valence electrons. The summed E-state index contributed by atoms with van der Waals surface area (Å²) in [7, 11) is 0. The lowest BCUT2D eigenvalue weighted by Crippen LogP contribution is -2.11. The Balaban J connectivity index is 2.03.